The van der Waals surface area contributed by atoms with Crippen molar-refractivity contribution in [2.24, 2.45) is 0 Å². The van der Waals surface area contributed by atoms with Crippen molar-refractivity contribution in [2.45, 2.75) is 38.7 Å². The molecule has 2 rings (SSSR count). The number of methoxy groups -OCH3 is 1. The smallest absolute Gasteiger partial charge is 0.534 e. The molecule has 114 valence electrons. The van der Waals surface area contributed by atoms with Gasteiger partial charge in [-0.25, -0.2) is 0 Å². The Morgan fingerprint density at radius 2 is 2.05 bits per heavy atom. The molecule has 4 nitrogen and oxygen atoms in total. The van der Waals surface area contributed by atoms with Gasteiger partial charge in [0.1, 0.15) is 11.4 Å². The van der Waals surface area contributed by atoms with Gasteiger partial charge in [0.25, 0.3) is 0 Å². The summed E-state index contributed by atoms with van der Waals surface area (Å²) in [5.41, 5.74) is 0.941. The molecular weight excluding hydrogens is 267 g/mol. The number of hydrogen-bond donors (Lipinski definition) is 1. The lowest BCUT2D eigenvalue weighted by molar-refractivity contribution is 0.173. The Morgan fingerprint density at radius 1 is 1.38 bits per heavy atom. The molecule has 5 heteroatoms. The van der Waals surface area contributed by atoms with Crippen LogP contribution in [0.4, 0.5) is 0 Å². The Balaban J connectivity index is 2.43. The van der Waals surface area contributed by atoms with Crippen LogP contribution in [-0.2, 0) is 14.7 Å². The van der Waals surface area contributed by atoms with Crippen LogP contribution in [0, 0.1) is 0 Å². The fraction of sp³-hybridized carbons (Fsp3) is 0.500. The highest BCUT2D eigenvalue weighted by Gasteiger charge is 2.44. The van der Waals surface area contributed by atoms with Gasteiger partial charge in [-0.3, -0.25) is 0 Å². The average molecular weight is 290 g/mol. The summed E-state index contributed by atoms with van der Waals surface area (Å²) >= 11 is 0. The summed E-state index contributed by atoms with van der Waals surface area (Å²) in [5, 5.41) is 9.55. The van der Waals surface area contributed by atoms with E-state index in [1.807, 2.05) is 45.9 Å². The first kappa shape index (κ1) is 15.9. The summed E-state index contributed by atoms with van der Waals surface area (Å²) in [5.74, 6) is 1.30. The standard InChI is InChI=1S/C16H23BO4/c1-11-16(4,5)21-17(20-11)13-9-12(15(2,3)10-18)7-8-14(13)19-6/h7-9,18H,1,10H2,2-6H3. The minimum Gasteiger partial charge on any atom is -0.534 e. The molecule has 1 N–H and O–H groups in total. The SMILES string of the molecule is C=C1OB(c2cc(C(C)(C)CO)ccc2OC)OC1(C)C. The van der Waals surface area contributed by atoms with Crippen molar-refractivity contribution in [1.29, 1.82) is 0 Å². The molecular formula is C16H23BO4. The van der Waals surface area contributed by atoms with Crippen LogP contribution in [0.5, 0.6) is 5.75 Å². The molecule has 0 atom stereocenters. The zero-order chi connectivity index (χ0) is 15.8. The minimum atomic E-state index is -0.545. The van der Waals surface area contributed by atoms with Gasteiger partial charge in [0.2, 0.25) is 0 Å². The van der Waals surface area contributed by atoms with E-state index < -0.39 is 12.7 Å². The fourth-order valence-electron chi connectivity index (χ4n) is 2.19. The van der Waals surface area contributed by atoms with E-state index >= 15 is 0 Å². The van der Waals surface area contributed by atoms with Crippen LogP contribution in [0.15, 0.2) is 30.5 Å². The highest BCUT2D eigenvalue weighted by atomic mass is 16.7. The lowest BCUT2D eigenvalue weighted by Gasteiger charge is -2.24. The van der Waals surface area contributed by atoms with E-state index in [0.29, 0.717) is 11.5 Å². The molecule has 0 aromatic heterocycles. The van der Waals surface area contributed by atoms with Crippen LogP contribution in [0.2, 0.25) is 0 Å². The zero-order valence-corrected chi connectivity index (χ0v) is 13.4. The molecule has 0 bridgehead atoms. The second kappa shape index (κ2) is 5.39. The van der Waals surface area contributed by atoms with E-state index in [4.69, 9.17) is 14.0 Å². The number of hydrogen-bond acceptors (Lipinski definition) is 4. The molecule has 1 saturated heterocycles. The molecule has 21 heavy (non-hydrogen) atoms. The Labute approximate surface area is 126 Å². The minimum absolute atomic E-state index is 0.0589. The summed E-state index contributed by atoms with van der Waals surface area (Å²) in [6.07, 6.45) is 0. The van der Waals surface area contributed by atoms with E-state index in [2.05, 4.69) is 6.58 Å². The zero-order valence-electron chi connectivity index (χ0n) is 13.4. The summed E-state index contributed by atoms with van der Waals surface area (Å²) in [6, 6.07) is 5.80. The van der Waals surface area contributed by atoms with E-state index in [9.17, 15) is 5.11 Å². The summed E-state index contributed by atoms with van der Waals surface area (Å²) < 4.78 is 17.1. The van der Waals surface area contributed by atoms with Gasteiger partial charge in [-0.1, -0.05) is 32.6 Å². The third-order valence-electron chi connectivity index (χ3n) is 3.98. The predicted molar refractivity (Wildman–Crippen MR) is 83.9 cm³/mol. The topological polar surface area (TPSA) is 47.9 Å². The second-order valence-electron chi connectivity index (χ2n) is 6.50. The average Bonchev–Trinajstić information content (AvgIpc) is 2.72. The quantitative estimate of drug-likeness (QED) is 0.862. The van der Waals surface area contributed by atoms with Crippen molar-refractivity contribution in [1.82, 2.24) is 0 Å². The van der Waals surface area contributed by atoms with Crippen LogP contribution in [-0.4, -0.2) is 31.5 Å². The number of benzene rings is 1. The number of aliphatic hydroxyl groups is 1. The first-order valence-electron chi connectivity index (χ1n) is 7.04. The molecule has 1 aromatic rings. The lowest BCUT2D eigenvalue weighted by atomic mass is 9.74. The summed E-state index contributed by atoms with van der Waals surface area (Å²) in [6.45, 7) is 11.8. The van der Waals surface area contributed by atoms with E-state index in [-0.39, 0.29) is 12.0 Å². The van der Waals surface area contributed by atoms with Crippen molar-refractivity contribution in [2.75, 3.05) is 13.7 Å². The van der Waals surface area contributed by atoms with Gasteiger partial charge < -0.3 is 19.2 Å². The molecule has 1 aliphatic heterocycles. The highest BCUT2D eigenvalue weighted by molar-refractivity contribution is 6.63. The van der Waals surface area contributed by atoms with E-state index in [0.717, 1.165) is 11.0 Å². The molecule has 1 aliphatic rings. The van der Waals surface area contributed by atoms with Gasteiger partial charge >= 0.3 is 7.12 Å². The maximum Gasteiger partial charge on any atom is 0.567 e. The van der Waals surface area contributed by atoms with Crippen LogP contribution < -0.4 is 10.2 Å². The number of ether oxygens (including phenoxy) is 1. The molecule has 0 saturated carbocycles. The van der Waals surface area contributed by atoms with Crippen molar-refractivity contribution in [3.05, 3.63) is 36.1 Å². The monoisotopic (exact) mass is 290 g/mol. The van der Waals surface area contributed by atoms with Crippen LogP contribution >= 0.6 is 0 Å². The van der Waals surface area contributed by atoms with Gasteiger partial charge in [-0.2, -0.15) is 0 Å². The van der Waals surface area contributed by atoms with E-state index in [1.165, 1.54) is 0 Å². The first-order valence-corrected chi connectivity index (χ1v) is 7.04. The van der Waals surface area contributed by atoms with Gasteiger partial charge in [0.15, 0.2) is 0 Å². The van der Waals surface area contributed by atoms with Crippen molar-refractivity contribution >= 4 is 12.6 Å². The normalized spacial score (nSPS) is 17.8. The molecule has 1 fully saturated rings. The molecule has 1 heterocycles. The predicted octanol–water partition coefficient (Wildman–Crippen LogP) is 2.00. The Morgan fingerprint density at radius 3 is 2.52 bits per heavy atom. The molecule has 0 aliphatic carbocycles. The van der Waals surface area contributed by atoms with Gasteiger partial charge in [0.05, 0.1) is 19.5 Å². The van der Waals surface area contributed by atoms with Crippen molar-refractivity contribution in [3.8, 4) is 5.75 Å². The molecule has 0 spiro atoms. The molecule has 1 aromatic carbocycles. The Bertz CT molecular complexity index is 551. The van der Waals surface area contributed by atoms with Crippen molar-refractivity contribution < 1.29 is 19.2 Å². The third-order valence-corrected chi connectivity index (χ3v) is 3.98. The van der Waals surface area contributed by atoms with Gasteiger partial charge in [0, 0.05) is 10.9 Å². The Kier molecular flexibility index (Phi) is 4.09. The summed E-state index contributed by atoms with van der Waals surface area (Å²) in [7, 11) is 1.07. The second-order valence-corrected chi connectivity index (χ2v) is 6.50. The Hall–Kier alpha value is -1.46. The van der Waals surface area contributed by atoms with Crippen molar-refractivity contribution in [3.63, 3.8) is 0 Å². The first-order chi connectivity index (χ1) is 9.71. The fourth-order valence-corrected chi connectivity index (χ4v) is 2.19. The number of rotatable bonds is 4. The lowest BCUT2D eigenvalue weighted by Crippen LogP contribution is -2.36. The van der Waals surface area contributed by atoms with Gasteiger partial charge in [-0.05, 0) is 25.5 Å². The molecule has 0 amide bonds. The largest absolute Gasteiger partial charge is 0.567 e. The van der Waals surface area contributed by atoms with Crippen LogP contribution in [0.1, 0.15) is 33.3 Å². The maximum absolute atomic E-state index is 9.55. The van der Waals surface area contributed by atoms with Gasteiger partial charge in [-0.15, -0.1) is 0 Å². The van der Waals surface area contributed by atoms with Crippen LogP contribution in [0.25, 0.3) is 0 Å². The van der Waals surface area contributed by atoms with Crippen LogP contribution in [0.3, 0.4) is 0 Å². The maximum atomic E-state index is 9.55. The number of aliphatic hydroxyl groups excluding tert-OH is 1. The molecule has 0 radical (unpaired) electrons. The van der Waals surface area contributed by atoms with E-state index in [1.54, 1.807) is 7.11 Å². The third kappa shape index (κ3) is 2.94. The highest BCUT2D eigenvalue weighted by Crippen LogP contribution is 2.31. The summed E-state index contributed by atoms with van der Waals surface area (Å²) in [4.78, 5) is 0. The molecule has 0 unspecified atom stereocenters.